The van der Waals surface area contributed by atoms with Crippen molar-refractivity contribution >= 4 is 0 Å². The molecule has 1 heterocycles. The van der Waals surface area contributed by atoms with Crippen molar-refractivity contribution in [2.24, 2.45) is 0 Å². The molecule has 3 nitrogen and oxygen atoms in total. The van der Waals surface area contributed by atoms with E-state index in [1.54, 1.807) is 0 Å². The van der Waals surface area contributed by atoms with Gasteiger partial charge >= 0.3 is 0 Å². The van der Waals surface area contributed by atoms with Crippen LogP contribution in [-0.4, -0.2) is 16.7 Å². The van der Waals surface area contributed by atoms with Gasteiger partial charge in [0, 0.05) is 24.3 Å². The number of nitrogens with one attached hydrogen (secondary N) is 2. The Balaban J connectivity index is 1.81. The van der Waals surface area contributed by atoms with Crippen molar-refractivity contribution in [1.29, 1.82) is 0 Å². The van der Waals surface area contributed by atoms with E-state index >= 15 is 0 Å². The standard InChI is InChI=1S/C14H19N3/c1-11(13-6-4-3-5-7-13)8-15-9-14-10-16-17-12(14)2/h3-7,10-11,15H,8-9H2,1-2H3,(H,16,17). The number of aromatic amines is 1. The molecule has 2 aromatic rings. The Morgan fingerprint density at radius 1 is 1.29 bits per heavy atom. The van der Waals surface area contributed by atoms with E-state index in [-0.39, 0.29) is 0 Å². The number of nitrogens with zero attached hydrogens (tertiary/aromatic N) is 1. The summed E-state index contributed by atoms with van der Waals surface area (Å²) in [6.07, 6.45) is 1.88. The van der Waals surface area contributed by atoms with Crippen LogP contribution < -0.4 is 5.32 Å². The topological polar surface area (TPSA) is 40.7 Å². The number of hydrogen-bond acceptors (Lipinski definition) is 2. The summed E-state index contributed by atoms with van der Waals surface area (Å²) in [6.45, 7) is 6.14. The highest BCUT2D eigenvalue weighted by molar-refractivity contribution is 5.19. The summed E-state index contributed by atoms with van der Waals surface area (Å²) in [5, 5.41) is 10.4. The van der Waals surface area contributed by atoms with E-state index in [0.717, 1.165) is 18.8 Å². The molecule has 2 N–H and O–H groups in total. The molecule has 0 saturated carbocycles. The summed E-state index contributed by atoms with van der Waals surface area (Å²) in [4.78, 5) is 0. The van der Waals surface area contributed by atoms with Gasteiger partial charge in [0.1, 0.15) is 0 Å². The lowest BCUT2D eigenvalue weighted by molar-refractivity contribution is 0.614. The number of benzene rings is 1. The zero-order valence-corrected chi connectivity index (χ0v) is 10.4. The molecular weight excluding hydrogens is 210 g/mol. The fraction of sp³-hybridized carbons (Fsp3) is 0.357. The molecule has 1 aromatic carbocycles. The third-order valence-electron chi connectivity index (χ3n) is 3.07. The summed E-state index contributed by atoms with van der Waals surface area (Å²) in [5.74, 6) is 0.531. The molecule has 0 amide bonds. The van der Waals surface area contributed by atoms with E-state index in [1.807, 2.05) is 13.1 Å². The lowest BCUT2D eigenvalue weighted by Crippen LogP contribution is -2.19. The van der Waals surface area contributed by atoms with Gasteiger partial charge in [-0.3, -0.25) is 5.10 Å². The number of rotatable bonds is 5. The molecule has 0 bridgehead atoms. The maximum absolute atomic E-state index is 4.01. The van der Waals surface area contributed by atoms with Crippen LogP contribution in [-0.2, 0) is 6.54 Å². The minimum atomic E-state index is 0.531. The van der Waals surface area contributed by atoms with Crippen LogP contribution in [0, 0.1) is 6.92 Å². The Morgan fingerprint density at radius 2 is 2.06 bits per heavy atom. The van der Waals surface area contributed by atoms with Gasteiger partial charge in [0.15, 0.2) is 0 Å². The minimum absolute atomic E-state index is 0.531. The van der Waals surface area contributed by atoms with Gasteiger partial charge in [-0.2, -0.15) is 5.10 Å². The first-order valence-electron chi connectivity index (χ1n) is 6.02. The van der Waals surface area contributed by atoms with Crippen molar-refractivity contribution in [2.75, 3.05) is 6.54 Å². The van der Waals surface area contributed by atoms with Crippen LogP contribution in [0.3, 0.4) is 0 Å². The molecule has 0 fully saturated rings. The Hall–Kier alpha value is -1.61. The fourth-order valence-corrected chi connectivity index (χ4v) is 1.88. The van der Waals surface area contributed by atoms with Crippen LogP contribution in [0.4, 0.5) is 0 Å². The highest BCUT2D eigenvalue weighted by Crippen LogP contribution is 2.13. The van der Waals surface area contributed by atoms with Gasteiger partial charge in [0.2, 0.25) is 0 Å². The lowest BCUT2D eigenvalue weighted by atomic mass is 10.0. The van der Waals surface area contributed by atoms with Crippen molar-refractivity contribution in [3.63, 3.8) is 0 Å². The van der Waals surface area contributed by atoms with E-state index in [0.29, 0.717) is 5.92 Å². The van der Waals surface area contributed by atoms with Gasteiger partial charge in [0.05, 0.1) is 6.20 Å². The number of aromatic nitrogens is 2. The zero-order valence-electron chi connectivity index (χ0n) is 10.4. The van der Waals surface area contributed by atoms with Crippen LogP contribution in [0.5, 0.6) is 0 Å². The smallest absolute Gasteiger partial charge is 0.0535 e. The summed E-state index contributed by atoms with van der Waals surface area (Å²) in [6, 6.07) is 10.6. The minimum Gasteiger partial charge on any atom is -0.312 e. The van der Waals surface area contributed by atoms with Crippen LogP contribution in [0.15, 0.2) is 36.5 Å². The van der Waals surface area contributed by atoms with Gasteiger partial charge < -0.3 is 5.32 Å². The Labute approximate surface area is 102 Å². The molecule has 3 heteroatoms. The normalized spacial score (nSPS) is 12.6. The lowest BCUT2D eigenvalue weighted by Gasteiger charge is -2.12. The second-order valence-electron chi connectivity index (χ2n) is 4.46. The molecule has 0 spiro atoms. The maximum atomic E-state index is 4.01. The van der Waals surface area contributed by atoms with Crippen LogP contribution in [0.25, 0.3) is 0 Å². The molecule has 17 heavy (non-hydrogen) atoms. The number of H-pyrrole nitrogens is 1. The quantitative estimate of drug-likeness (QED) is 0.827. The van der Waals surface area contributed by atoms with Crippen molar-refractivity contribution in [2.45, 2.75) is 26.3 Å². The van der Waals surface area contributed by atoms with E-state index < -0.39 is 0 Å². The fourth-order valence-electron chi connectivity index (χ4n) is 1.88. The third kappa shape index (κ3) is 3.17. The van der Waals surface area contributed by atoms with Crippen LogP contribution in [0.2, 0.25) is 0 Å². The maximum Gasteiger partial charge on any atom is 0.0535 e. The second-order valence-corrected chi connectivity index (χ2v) is 4.46. The molecule has 90 valence electrons. The molecule has 1 aromatic heterocycles. The van der Waals surface area contributed by atoms with Crippen LogP contribution in [0.1, 0.15) is 29.7 Å². The van der Waals surface area contributed by atoms with Crippen molar-refractivity contribution in [1.82, 2.24) is 15.5 Å². The predicted octanol–water partition coefficient (Wildman–Crippen LogP) is 2.61. The average Bonchev–Trinajstić information content (AvgIpc) is 2.76. The van der Waals surface area contributed by atoms with Crippen LogP contribution >= 0.6 is 0 Å². The van der Waals surface area contributed by atoms with Crippen molar-refractivity contribution in [3.8, 4) is 0 Å². The van der Waals surface area contributed by atoms with E-state index in [1.165, 1.54) is 11.1 Å². The molecule has 0 aliphatic carbocycles. The SMILES string of the molecule is Cc1[nH]ncc1CNCC(C)c1ccccc1. The van der Waals surface area contributed by atoms with Gasteiger partial charge in [-0.15, -0.1) is 0 Å². The molecule has 0 saturated heterocycles. The molecule has 0 aliphatic rings. The summed E-state index contributed by atoms with van der Waals surface area (Å²) >= 11 is 0. The Bertz CT molecular complexity index is 448. The van der Waals surface area contributed by atoms with E-state index in [9.17, 15) is 0 Å². The highest BCUT2D eigenvalue weighted by atomic mass is 15.1. The first-order valence-corrected chi connectivity index (χ1v) is 6.02. The molecule has 1 unspecified atom stereocenters. The van der Waals surface area contributed by atoms with Gasteiger partial charge in [-0.25, -0.2) is 0 Å². The Kier molecular flexibility index (Phi) is 3.94. The summed E-state index contributed by atoms with van der Waals surface area (Å²) in [7, 11) is 0. The first kappa shape index (κ1) is 11.9. The largest absolute Gasteiger partial charge is 0.312 e. The highest BCUT2D eigenvalue weighted by Gasteiger charge is 2.05. The van der Waals surface area contributed by atoms with Gasteiger partial charge in [-0.05, 0) is 18.4 Å². The van der Waals surface area contributed by atoms with E-state index in [2.05, 4.69) is 52.8 Å². The second kappa shape index (κ2) is 5.64. The number of aryl methyl sites for hydroxylation is 1. The summed E-state index contributed by atoms with van der Waals surface area (Å²) in [5.41, 5.74) is 3.76. The monoisotopic (exact) mass is 229 g/mol. The summed E-state index contributed by atoms with van der Waals surface area (Å²) < 4.78 is 0. The average molecular weight is 229 g/mol. The molecule has 0 aliphatic heterocycles. The molecular formula is C14H19N3. The van der Waals surface area contributed by atoms with E-state index in [4.69, 9.17) is 0 Å². The predicted molar refractivity (Wildman–Crippen MR) is 69.9 cm³/mol. The zero-order chi connectivity index (χ0) is 12.1. The Morgan fingerprint density at radius 3 is 2.71 bits per heavy atom. The first-order chi connectivity index (χ1) is 8.27. The molecule has 1 atom stereocenters. The number of hydrogen-bond donors (Lipinski definition) is 2. The van der Waals surface area contributed by atoms with Gasteiger partial charge in [-0.1, -0.05) is 37.3 Å². The molecule has 0 radical (unpaired) electrons. The van der Waals surface area contributed by atoms with Gasteiger partial charge in [0.25, 0.3) is 0 Å². The van der Waals surface area contributed by atoms with Crippen molar-refractivity contribution in [3.05, 3.63) is 53.3 Å². The third-order valence-corrected chi connectivity index (χ3v) is 3.07. The van der Waals surface area contributed by atoms with Crippen molar-refractivity contribution < 1.29 is 0 Å². The molecule has 2 rings (SSSR count).